The van der Waals surface area contributed by atoms with E-state index >= 15 is 0 Å². The van der Waals surface area contributed by atoms with Gasteiger partial charge in [-0.2, -0.15) is 0 Å². The molecule has 1 aromatic carbocycles. The van der Waals surface area contributed by atoms with Gasteiger partial charge < -0.3 is 106 Å². The Morgan fingerprint density at radius 2 is 0.802 bits per heavy atom. The van der Waals surface area contributed by atoms with E-state index in [2.05, 4.69) is 69.1 Å². The first-order valence-corrected chi connectivity index (χ1v) is 32.6. The van der Waals surface area contributed by atoms with Gasteiger partial charge in [-0.1, -0.05) is 73.9 Å². The number of phenols is 1. The number of carbonyl (C=O) groups excluding carboxylic acids is 14. The largest absolute Gasteiger partial charge is 0.508 e. The molecule has 0 saturated heterocycles. The van der Waals surface area contributed by atoms with Gasteiger partial charge in [0.2, 0.25) is 82.7 Å². The molecule has 38 heteroatoms. The highest BCUT2D eigenvalue weighted by Gasteiger charge is 2.37. The number of carboxylic acids is 4. The van der Waals surface area contributed by atoms with Crippen LogP contribution in [0, 0.1) is 23.7 Å². The molecule has 0 aromatic heterocycles. The first-order chi connectivity index (χ1) is 47.0. The minimum absolute atomic E-state index is 0.0746. The number of hydrogen-bond acceptors (Lipinski definition) is 20. The fourth-order valence-corrected chi connectivity index (χ4v) is 9.30. The van der Waals surface area contributed by atoms with Gasteiger partial charge in [0, 0.05) is 25.7 Å². The summed E-state index contributed by atoms with van der Waals surface area (Å²) in [6, 6.07) is -11.3. The predicted octanol–water partition coefficient (Wildman–Crippen LogP) is -5.15. The Kier molecular flexibility index (Phi) is 38.9. The third-order valence-electron chi connectivity index (χ3n) is 15.1. The summed E-state index contributed by atoms with van der Waals surface area (Å²) >= 11 is 0. The van der Waals surface area contributed by atoms with Crippen molar-refractivity contribution < 1.29 is 112 Å². The van der Waals surface area contributed by atoms with Crippen LogP contribution in [0.15, 0.2) is 24.3 Å². The highest BCUT2D eigenvalue weighted by atomic mass is 16.4. The van der Waals surface area contributed by atoms with Crippen molar-refractivity contribution in [2.45, 2.75) is 206 Å². The Bertz CT molecular complexity index is 3110. The third kappa shape index (κ3) is 35.2. The van der Waals surface area contributed by atoms with Crippen LogP contribution in [0.1, 0.15) is 139 Å². The van der Waals surface area contributed by atoms with E-state index in [-0.39, 0.29) is 43.3 Å². The number of aliphatic carboxylic acids is 4. The smallest absolute Gasteiger partial charge is 0.325 e. The molecule has 0 heterocycles. The average Bonchev–Trinajstić information content (AvgIpc) is 0.855. The second-order valence-corrected chi connectivity index (χ2v) is 25.3. The minimum Gasteiger partial charge on any atom is -0.508 e. The summed E-state index contributed by atoms with van der Waals surface area (Å²) in [4.78, 5) is 234. The number of nitrogens with one attached hydrogen (secondary N) is 13. The molecule has 564 valence electrons. The third-order valence-corrected chi connectivity index (χ3v) is 15.1. The molecule has 22 N–H and O–H groups in total. The van der Waals surface area contributed by atoms with Crippen molar-refractivity contribution in [3.63, 3.8) is 0 Å². The van der Waals surface area contributed by atoms with Crippen LogP contribution in [0.25, 0.3) is 0 Å². The summed E-state index contributed by atoms with van der Waals surface area (Å²) in [7, 11) is 0. The van der Waals surface area contributed by atoms with E-state index in [9.17, 15) is 107 Å². The second kappa shape index (κ2) is 44.5. The molecule has 0 spiro atoms. The molecule has 0 aliphatic carbocycles. The Hall–Kier alpha value is -10.6. The van der Waals surface area contributed by atoms with Crippen LogP contribution < -0.4 is 80.6 Å². The predicted molar refractivity (Wildman–Crippen MR) is 355 cm³/mol. The van der Waals surface area contributed by atoms with Crippen molar-refractivity contribution >= 4 is 107 Å². The molecule has 0 fully saturated rings. The van der Waals surface area contributed by atoms with Gasteiger partial charge >= 0.3 is 23.9 Å². The second-order valence-electron chi connectivity index (χ2n) is 25.3. The summed E-state index contributed by atoms with van der Waals surface area (Å²) in [6.07, 6.45) is -4.75. The summed E-state index contributed by atoms with van der Waals surface area (Å²) in [5.74, 6) is -21.9. The summed E-state index contributed by atoms with van der Waals surface area (Å²) < 4.78 is 0. The van der Waals surface area contributed by atoms with E-state index in [1.54, 1.807) is 55.4 Å². The zero-order valence-electron chi connectivity index (χ0n) is 58.1. The standard InChI is InChI=1S/C63H99N15O23/c1-11-32(8)52(77-47(83)27-66-45(81)26-67-55(92)40(22-29(2)3)73-56(93)38(18-21-49(86)87)70-46(82)28-68-54(91)37(17-20-48(84)85)71-53(90)33(9)64)62(99)76-42(24-35-12-14-36(79)15-13-35)58(95)72-39(16-19-44(65)80)57(94)75-43(25-50(88)89)59(96)74-41(23-30(4)5)60(97)78-51(31(6)7)61(98)69-34(10)63(100)101/h12-15,29-34,37-43,51-52,79H,11,16-28,64H2,1-10H3,(H2,65,80)(H,66,81)(H,67,92)(H,68,91)(H,69,98)(H,70,82)(H,71,90)(H,72,95)(H,73,93)(H,74,96)(H,75,94)(H,76,99)(H,77,83)(H,78,97)(H,84,85)(H,86,87)(H,88,89)(H,100,101)/t32-,33-,34-,37-,38-,39-,40-,41-,42-,43-,51-,52-/m0/s1. The zero-order valence-corrected chi connectivity index (χ0v) is 58.1. The molecule has 0 radical (unpaired) electrons. The molecular formula is C63H99N15O23. The number of rotatable bonds is 47. The fraction of sp³-hybridized carbons (Fsp3) is 0.619. The van der Waals surface area contributed by atoms with Crippen molar-refractivity contribution in [2.75, 3.05) is 19.6 Å². The van der Waals surface area contributed by atoms with Crippen LogP contribution in [0.5, 0.6) is 5.75 Å². The van der Waals surface area contributed by atoms with Crippen LogP contribution in [0.3, 0.4) is 0 Å². The van der Waals surface area contributed by atoms with Gasteiger partial charge in [0.1, 0.15) is 66.2 Å². The lowest BCUT2D eigenvalue weighted by molar-refractivity contribution is -0.142. The molecule has 0 aliphatic heterocycles. The van der Waals surface area contributed by atoms with E-state index in [0.717, 1.165) is 0 Å². The Balaban J connectivity index is 3.42. The molecule has 0 aliphatic rings. The van der Waals surface area contributed by atoms with Crippen molar-refractivity contribution in [1.29, 1.82) is 0 Å². The van der Waals surface area contributed by atoms with Gasteiger partial charge in [-0.25, -0.2) is 0 Å². The number of amides is 14. The highest BCUT2D eigenvalue weighted by molar-refractivity contribution is 6.00. The summed E-state index contributed by atoms with van der Waals surface area (Å²) in [6.45, 7) is 13.0. The van der Waals surface area contributed by atoms with Crippen molar-refractivity contribution in [1.82, 2.24) is 69.1 Å². The van der Waals surface area contributed by atoms with E-state index in [1.807, 2.05) is 0 Å². The monoisotopic (exact) mass is 1430 g/mol. The molecule has 101 heavy (non-hydrogen) atoms. The first kappa shape index (κ1) is 88.5. The molecule has 12 atom stereocenters. The maximum absolute atomic E-state index is 14.5. The number of carboxylic acid groups (broad SMARTS) is 4. The van der Waals surface area contributed by atoms with Gasteiger partial charge in [-0.05, 0) is 87.3 Å². The topological polar surface area (TPSA) is 617 Å². The Morgan fingerprint density at radius 3 is 1.28 bits per heavy atom. The number of aromatic hydroxyl groups is 1. The van der Waals surface area contributed by atoms with Gasteiger partial charge in [0.15, 0.2) is 0 Å². The molecule has 0 bridgehead atoms. The van der Waals surface area contributed by atoms with Gasteiger partial charge in [0.25, 0.3) is 0 Å². The molecule has 0 unspecified atom stereocenters. The first-order valence-electron chi connectivity index (χ1n) is 32.6. The van der Waals surface area contributed by atoms with E-state index in [4.69, 9.17) is 16.6 Å². The lowest BCUT2D eigenvalue weighted by Crippen LogP contribution is -2.61. The van der Waals surface area contributed by atoms with Gasteiger partial charge in [-0.3, -0.25) is 86.3 Å². The number of nitrogens with two attached hydrogens (primary N) is 2. The summed E-state index contributed by atoms with van der Waals surface area (Å²) in [5, 5.41) is 78.3. The van der Waals surface area contributed by atoms with E-state index in [1.165, 1.54) is 38.1 Å². The quantitative estimate of drug-likeness (QED) is 0.0290. The van der Waals surface area contributed by atoms with Crippen LogP contribution >= 0.6 is 0 Å². The Morgan fingerprint density at radius 1 is 0.406 bits per heavy atom. The lowest BCUT2D eigenvalue weighted by Gasteiger charge is -2.29. The number of phenolic OH excluding ortho intramolecular Hbond substituents is 1. The highest BCUT2D eigenvalue weighted by Crippen LogP contribution is 2.16. The molecular weight excluding hydrogens is 1330 g/mol. The minimum atomic E-state index is -1.99. The van der Waals surface area contributed by atoms with Gasteiger partial charge in [-0.15, -0.1) is 0 Å². The number of hydrogen-bond donors (Lipinski definition) is 20. The average molecular weight is 1430 g/mol. The molecule has 1 aromatic rings. The van der Waals surface area contributed by atoms with Crippen LogP contribution in [0.4, 0.5) is 0 Å². The van der Waals surface area contributed by atoms with Gasteiger partial charge in [0.05, 0.1) is 32.1 Å². The SMILES string of the molecule is CC[C@H](C)[C@H](NC(=O)CNC(=O)CNC(=O)[C@H](CC(C)C)NC(=O)[C@H](CCC(=O)O)NC(=O)CNC(=O)[C@H](CCC(=O)O)NC(=O)[C@H](C)N)C(=O)N[C@@H](Cc1ccc(O)cc1)C(=O)N[C@@H](CCC(N)=O)C(=O)N[C@@H](CC(=O)O)C(=O)N[C@@H](CC(C)C)C(=O)N[C@H](C(=O)N[C@@H](C)C(=O)O)C(C)C. The maximum Gasteiger partial charge on any atom is 0.325 e. The zero-order chi connectivity index (χ0) is 77.1. The number of benzene rings is 1. The Labute approximate surface area is 582 Å². The van der Waals surface area contributed by atoms with Crippen molar-refractivity contribution in [2.24, 2.45) is 35.1 Å². The lowest BCUT2D eigenvalue weighted by atomic mass is 9.97. The van der Waals surface area contributed by atoms with Crippen molar-refractivity contribution in [3.8, 4) is 5.75 Å². The van der Waals surface area contributed by atoms with Crippen LogP contribution in [-0.4, -0.2) is 218 Å². The van der Waals surface area contributed by atoms with E-state index in [0.29, 0.717) is 5.56 Å². The van der Waals surface area contributed by atoms with E-state index < -0.39 is 249 Å². The molecule has 1 rings (SSSR count). The number of carbonyl (C=O) groups is 18. The molecule has 0 saturated carbocycles. The molecule has 14 amide bonds. The molecule has 38 nitrogen and oxygen atoms in total. The maximum atomic E-state index is 14.5. The fourth-order valence-electron chi connectivity index (χ4n) is 9.30. The summed E-state index contributed by atoms with van der Waals surface area (Å²) in [5.41, 5.74) is 11.3. The van der Waals surface area contributed by atoms with Crippen molar-refractivity contribution in [3.05, 3.63) is 29.8 Å². The van der Waals surface area contributed by atoms with Crippen LogP contribution in [-0.2, 0) is 92.7 Å². The number of primary amides is 1. The van der Waals surface area contributed by atoms with Crippen LogP contribution in [0.2, 0.25) is 0 Å². The normalized spacial score (nSPS) is 14.6.